The molecule has 0 spiro atoms. The third-order valence-electron chi connectivity index (χ3n) is 5.99. The first-order valence-electron chi connectivity index (χ1n) is 11.3. The van der Waals surface area contributed by atoms with E-state index in [9.17, 15) is 4.79 Å². The summed E-state index contributed by atoms with van der Waals surface area (Å²) in [5.41, 5.74) is 2.84. The van der Waals surface area contributed by atoms with Gasteiger partial charge in [0.1, 0.15) is 5.82 Å². The van der Waals surface area contributed by atoms with E-state index in [1.54, 1.807) is 11.5 Å². The minimum absolute atomic E-state index is 0.236. The standard InChI is InChI=1S/C26H27N5OS/c32-26(27-21-6-2-1-3-7-21)28-22-12-10-20(11-13-22)14-15-30-16-18-31(19-17-30)25-23-8-4-5-9-24(23)33-29-25/h1-13H,14-19H2,(H2,27,28,32). The number of piperazine rings is 1. The van der Waals surface area contributed by atoms with E-state index in [-0.39, 0.29) is 6.03 Å². The Balaban J connectivity index is 1.08. The molecule has 33 heavy (non-hydrogen) atoms. The molecule has 2 N–H and O–H groups in total. The fourth-order valence-corrected chi connectivity index (χ4v) is 4.94. The summed E-state index contributed by atoms with van der Waals surface area (Å²) in [6, 6.07) is 25.8. The summed E-state index contributed by atoms with van der Waals surface area (Å²) >= 11 is 1.59. The number of hydrogen-bond acceptors (Lipinski definition) is 5. The molecule has 0 aliphatic carbocycles. The summed E-state index contributed by atoms with van der Waals surface area (Å²) in [7, 11) is 0. The number of amides is 2. The first-order valence-corrected chi connectivity index (χ1v) is 12.1. The average Bonchev–Trinajstić information content (AvgIpc) is 3.29. The van der Waals surface area contributed by atoms with Gasteiger partial charge in [-0.05, 0) is 59.9 Å². The molecular weight excluding hydrogens is 430 g/mol. The Morgan fingerprint density at radius 3 is 2.24 bits per heavy atom. The number of nitrogens with one attached hydrogen (secondary N) is 2. The predicted octanol–water partition coefficient (Wildman–Crippen LogP) is 5.31. The molecule has 1 saturated heterocycles. The van der Waals surface area contributed by atoms with Gasteiger partial charge in [-0.1, -0.05) is 42.5 Å². The molecule has 0 saturated carbocycles. The van der Waals surface area contributed by atoms with Gasteiger partial charge in [0.2, 0.25) is 0 Å². The van der Waals surface area contributed by atoms with Crippen molar-refractivity contribution in [3.63, 3.8) is 0 Å². The second-order valence-corrected chi connectivity index (χ2v) is 9.03. The van der Waals surface area contributed by atoms with E-state index >= 15 is 0 Å². The number of benzene rings is 3. The fraction of sp³-hybridized carbons (Fsp3) is 0.231. The van der Waals surface area contributed by atoms with Crippen molar-refractivity contribution in [2.45, 2.75) is 6.42 Å². The number of fused-ring (bicyclic) bond motifs is 1. The SMILES string of the molecule is O=C(Nc1ccccc1)Nc1ccc(CCN2CCN(c3nsc4ccccc34)CC2)cc1. The maximum Gasteiger partial charge on any atom is 0.323 e. The van der Waals surface area contributed by atoms with Crippen molar-refractivity contribution in [2.24, 2.45) is 0 Å². The van der Waals surface area contributed by atoms with Crippen LogP contribution in [0.15, 0.2) is 78.9 Å². The van der Waals surface area contributed by atoms with E-state index in [0.29, 0.717) is 0 Å². The zero-order chi connectivity index (χ0) is 22.5. The highest BCUT2D eigenvalue weighted by Gasteiger charge is 2.20. The number of nitrogens with zero attached hydrogens (tertiary/aromatic N) is 3. The Hall–Kier alpha value is -3.42. The van der Waals surface area contributed by atoms with E-state index in [1.165, 1.54) is 15.6 Å². The van der Waals surface area contributed by atoms with Gasteiger partial charge in [-0.15, -0.1) is 0 Å². The lowest BCUT2D eigenvalue weighted by Crippen LogP contribution is -2.47. The number of hydrogen-bond donors (Lipinski definition) is 2. The molecular formula is C26H27N5OS. The van der Waals surface area contributed by atoms with Crippen LogP contribution in [0.1, 0.15) is 5.56 Å². The summed E-state index contributed by atoms with van der Waals surface area (Å²) in [6.07, 6.45) is 0.996. The molecule has 7 heteroatoms. The van der Waals surface area contributed by atoms with E-state index in [2.05, 4.69) is 56.8 Å². The van der Waals surface area contributed by atoms with Crippen LogP contribution in [0.3, 0.4) is 0 Å². The molecule has 1 fully saturated rings. The Bertz CT molecular complexity index is 1200. The fourth-order valence-electron chi connectivity index (χ4n) is 4.14. The summed E-state index contributed by atoms with van der Waals surface area (Å²) in [5, 5.41) is 6.98. The topological polar surface area (TPSA) is 60.5 Å². The maximum absolute atomic E-state index is 12.1. The van der Waals surface area contributed by atoms with E-state index in [4.69, 9.17) is 4.37 Å². The number of carbonyl (C=O) groups excluding carboxylic acids is 1. The average molecular weight is 458 g/mol. The quantitative estimate of drug-likeness (QED) is 0.412. The Kier molecular flexibility index (Phi) is 6.51. The van der Waals surface area contributed by atoms with Gasteiger partial charge in [0.25, 0.3) is 0 Å². The molecule has 3 aromatic carbocycles. The summed E-state index contributed by atoms with van der Waals surface area (Å²) in [5.74, 6) is 1.13. The van der Waals surface area contributed by atoms with Gasteiger partial charge in [-0.2, -0.15) is 4.37 Å². The van der Waals surface area contributed by atoms with Crippen molar-refractivity contribution < 1.29 is 4.79 Å². The third kappa shape index (κ3) is 5.32. The first-order chi connectivity index (χ1) is 16.2. The van der Waals surface area contributed by atoms with Crippen molar-refractivity contribution in [1.82, 2.24) is 9.27 Å². The molecule has 2 heterocycles. The van der Waals surface area contributed by atoms with Crippen LogP contribution in [0.25, 0.3) is 10.1 Å². The van der Waals surface area contributed by atoms with Crippen LogP contribution < -0.4 is 15.5 Å². The van der Waals surface area contributed by atoms with Gasteiger partial charge >= 0.3 is 6.03 Å². The van der Waals surface area contributed by atoms with Crippen LogP contribution in [-0.2, 0) is 6.42 Å². The number of carbonyl (C=O) groups is 1. The zero-order valence-corrected chi connectivity index (χ0v) is 19.2. The highest BCUT2D eigenvalue weighted by Crippen LogP contribution is 2.29. The van der Waals surface area contributed by atoms with Crippen molar-refractivity contribution >= 4 is 44.8 Å². The Morgan fingerprint density at radius 1 is 0.818 bits per heavy atom. The molecule has 0 radical (unpaired) electrons. The molecule has 0 unspecified atom stereocenters. The smallest absolute Gasteiger partial charge is 0.323 e. The number of aromatic nitrogens is 1. The van der Waals surface area contributed by atoms with Crippen LogP contribution in [0.5, 0.6) is 0 Å². The Morgan fingerprint density at radius 2 is 1.48 bits per heavy atom. The van der Waals surface area contributed by atoms with Crippen LogP contribution in [0.4, 0.5) is 22.0 Å². The van der Waals surface area contributed by atoms with Gasteiger partial charge in [0.05, 0.1) is 4.70 Å². The maximum atomic E-state index is 12.1. The van der Waals surface area contributed by atoms with Crippen molar-refractivity contribution in [2.75, 3.05) is 48.3 Å². The minimum atomic E-state index is -0.236. The van der Waals surface area contributed by atoms with Crippen LogP contribution in [0, 0.1) is 0 Å². The Labute approximate surface area is 198 Å². The summed E-state index contributed by atoms with van der Waals surface area (Å²) < 4.78 is 5.96. The van der Waals surface area contributed by atoms with Crippen molar-refractivity contribution in [1.29, 1.82) is 0 Å². The summed E-state index contributed by atoms with van der Waals surface area (Å²) in [6.45, 7) is 5.14. The highest BCUT2D eigenvalue weighted by molar-refractivity contribution is 7.13. The van der Waals surface area contributed by atoms with Gasteiger partial charge in [0, 0.05) is 49.5 Å². The minimum Gasteiger partial charge on any atom is -0.353 e. The third-order valence-corrected chi connectivity index (χ3v) is 6.81. The van der Waals surface area contributed by atoms with Crippen LogP contribution in [-0.4, -0.2) is 48.0 Å². The van der Waals surface area contributed by atoms with Crippen LogP contribution >= 0.6 is 11.5 Å². The van der Waals surface area contributed by atoms with E-state index < -0.39 is 0 Å². The number of rotatable bonds is 6. The van der Waals surface area contributed by atoms with E-state index in [1.807, 2.05) is 42.5 Å². The van der Waals surface area contributed by atoms with Crippen molar-refractivity contribution in [3.8, 4) is 0 Å². The van der Waals surface area contributed by atoms with Gasteiger partial charge in [0.15, 0.2) is 0 Å². The number of anilines is 3. The molecule has 1 aliphatic rings. The lowest BCUT2D eigenvalue weighted by molar-refractivity contribution is 0.260. The highest BCUT2D eigenvalue weighted by atomic mass is 32.1. The van der Waals surface area contributed by atoms with E-state index in [0.717, 1.165) is 56.3 Å². The predicted molar refractivity (Wildman–Crippen MR) is 138 cm³/mol. The zero-order valence-electron chi connectivity index (χ0n) is 18.4. The second kappa shape index (κ2) is 10.0. The second-order valence-electron chi connectivity index (χ2n) is 8.22. The van der Waals surface area contributed by atoms with Gasteiger partial charge < -0.3 is 15.5 Å². The van der Waals surface area contributed by atoms with Crippen molar-refractivity contribution in [3.05, 3.63) is 84.4 Å². The molecule has 168 valence electrons. The lowest BCUT2D eigenvalue weighted by atomic mass is 10.1. The largest absolute Gasteiger partial charge is 0.353 e. The van der Waals surface area contributed by atoms with Gasteiger partial charge in [-0.3, -0.25) is 4.90 Å². The molecule has 0 atom stereocenters. The normalized spacial score (nSPS) is 14.4. The molecule has 4 aromatic rings. The molecule has 1 aromatic heterocycles. The molecule has 5 rings (SSSR count). The van der Waals surface area contributed by atoms with Crippen LogP contribution in [0.2, 0.25) is 0 Å². The lowest BCUT2D eigenvalue weighted by Gasteiger charge is -2.35. The molecule has 1 aliphatic heterocycles. The summed E-state index contributed by atoms with van der Waals surface area (Å²) in [4.78, 5) is 17.1. The van der Waals surface area contributed by atoms with Gasteiger partial charge in [-0.25, -0.2) is 4.79 Å². The molecule has 6 nitrogen and oxygen atoms in total. The monoisotopic (exact) mass is 457 g/mol. The molecule has 2 amide bonds. The molecule has 0 bridgehead atoms. The number of para-hydroxylation sites is 1. The number of urea groups is 1. The first kappa shape index (κ1) is 21.4.